The van der Waals surface area contributed by atoms with Gasteiger partial charge >= 0.3 is 6.03 Å². The molecule has 2 aromatic carbocycles. The van der Waals surface area contributed by atoms with Crippen LogP contribution in [0.3, 0.4) is 0 Å². The average Bonchev–Trinajstić information content (AvgIpc) is 2.57. The summed E-state index contributed by atoms with van der Waals surface area (Å²) in [7, 11) is 1.52. The number of carbonyl (C=O) groups excluding carboxylic acids is 1. The Kier molecular flexibility index (Phi) is 3.35. The van der Waals surface area contributed by atoms with Gasteiger partial charge in [-0.15, -0.1) is 0 Å². The molecule has 4 rings (SSSR count). The van der Waals surface area contributed by atoms with E-state index < -0.39 is 23.4 Å². The number of amides is 2. The smallest absolute Gasteiger partial charge is 0.325 e. The third-order valence-corrected chi connectivity index (χ3v) is 4.63. The number of rotatable bonds is 2. The molecule has 1 N–H and O–H groups in total. The van der Waals surface area contributed by atoms with Gasteiger partial charge in [0.05, 0.1) is 18.8 Å². The second-order valence-electron chi connectivity index (χ2n) is 6.29. The molecule has 0 radical (unpaired) electrons. The second kappa shape index (κ2) is 5.34. The number of anilines is 1. The third-order valence-electron chi connectivity index (χ3n) is 4.63. The number of fused-ring (bicyclic) bond motifs is 4. The molecule has 7 heteroatoms. The second-order valence-corrected chi connectivity index (χ2v) is 6.29. The molecule has 0 aromatic heterocycles. The summed E-state index contributed by atoms with van der Waals surface area (Å²) in [6, 6.07) is 7.55. The van der Waals surface area contributed by atoms with E-state index in [1.54, 1.807) is 13.0 Å². The number of hydrogen-bond acceptors (Lipinski definition) is 3. The molecule has 0 aliphatic carbocycles. The normalized spacial score (nSPS) is 24.2. The van der Waals surface area contributed by atoms with Gasteiger partial charge in [-0.2, -0.15) is 0 Å². The van der Waals surface area contributed by atoms with Crippen LogP contribution < -0.4 is 19.7 Å². The fourth-order valence-electron chi connectivity index (χ4n) is 3.54. The quantitative estimate of drug-likeness (QED) is 0.901. The minimum Gasteiger partial charge on any atom is -0.493 e. The van der Waals surface area contributed by atoms with Crippen LogP contribution >= 0.6 is 0 Å². The third kappa shape index (κ3) is 2.30. The van der Waals surface area contributed by atoms with Crippen LogP contribution in [0.2, 0.25) is 0 Å². The Balaban J connectivity index is 1.86. The molecule has 5 nitrogen and oxygen atoms in total. The Bertz CT molecular complexity index is 873. The number of benzene rings is 2. The molecule has 2 unspecified atom stereocenters. The lowest BCUT2D eigenvalue weighted by Gasteiger charge is -2.50. The molecule has 1 saturated heterocycles. The summed E-state index contributed by atoms with van der Waals surface area (Å²) in [5.41, 5.74) is -0.551. The van der Waals surface area contributed by atoms with Gasteiger partial charge in [0, 0.05) is 18.1 Å². The number of nitrogens with one attached hydrogen (secondary N) is 1. The van der Waals surface area contributed by atoms with Crippen molar-refractivity contribution in [2.24, 2.45) is 0 Å². The van der Waals surface area contributed by atoms with Crippen LogP contribution in [0.4, 0.5) is 19.3 Å². The summed E-state index contributed by atoms with van der Waals surface area (Å²) in [6.07, 6.45) is 0.384. The van der Waals surface area contributed by atoms with E-state index in [1.165, 1.54) is 7.11 Å². The predicted octanol–water partition coefficient (Wildman–Crippen LogP) is 3.74. The van der Waals surface area contributed by atoms with Gasteiger partial charge in [-0.05, 0) is 25.1 Å². The monoisotopic (exact) mass is 346 g/mol. The molecule has 0 saturated carbocycles. The van der Waals surface area contributed by atoms with Gasteiger partial charge in [0.25, 0.3) is 0 Å². The summed E-state index contributed by atoms with van der Waals surface area (Å²) in [5.74, 6) is -0.329. The molecule has 2 bridgehead atoms. The number of ether oxygens (including phenoxy) is 2. The van der Waals surface area contributed by atoms with Gasteiger partial charge in [0.2, 0.25) is 0 Å². The summed E-state index contributed by atoms with van der Waals surface area (Å²) in [4.78, 5) is 13.8. The number of carbonyl (C=O) groups is 1. The van der Waals surface area contributed by atoms with Crippen LogP contribution in [0.5, 0.6) is 11.5 Å². The van der Waals surface area contributed by atoms with Gasteiger partial charge in [0.1, 0.15) is 11.6 Å². The molecular weight excluding hydrogens is 330 g/mol. The fourth-order valence-corrected chi connectivity index (χ4v) is 3.54. The minimum atomic E-state index is -1.18. The lowest BCUT2D eigenvalue weighted by atomic mass is 9.90. The van der Waals surface area contributed by atoms with E-state index >= 15 is 0 Å². The van der Waals surface area contributed by atoms with Crippen LogP contribution in [0.15, 0.2) is 36.4 Å². The molecule has 130 valence electrons. The van der Waals surface area contributed by atoms with Crippen molar-refractivity contribution in [2.45, 2.75) is 25.1 Å². The van der Waals surface area contributed by atoms with Gasteiger partial charge in [-0.25, -0.2) is 13.6 Å². The van der Waals surface area contributed by atoms with Crippen molar-refractivity contribution in [3.8, 4) is 11.5 Å². The molecule has 0 spiro atoms. The van der Waals surface area contributed by atoms with Crippen LogP contribution in [0.25, 0.3) is 0 Å². The first kappa shape index (κ1) is 15.7. The van der Waals surface area contributed by atoms with Gasteiger partial charge in [-0.3, -0.25) is 4.90 Å². The van der Waals surface area contributed by atoms with E-state index in [1.807, 2.05) is 12.1 Å². The highest BCUT2D eigenvalue weighted by atomic mass is 19.1. The van der Waals surface area contributed by atoms with Gasteiger partial charge in [0.15, 0.2) is 17.2 Å². The Morgan fingerprint density at radius 2 is 2.12 bits per heavy atom. The zero-order chi connectivity index (χ0) is 17.8. The van der Waals surface area contributed by atoms with Crippen LogP contribution in [0.1, 0.15) is 24.9 Å². The van der Waals surface area contributed by atoms with Crippen LogP contribution in [-0.2, 0) is 0 Å². The molecule has 2 atom stereocenters. The number of halogens is 2. The van der Waals surface area contributed by atoms with E-state index in [2.05, 4.69) is 5.32 Å². The predicted molar refractivity (Wildman–Crippen MR) is 86.8 cm³/mol. The number of nitrogens with zero attached hydrogens (tertiary/aromatic N) is 1. The molecule has 2 aliphatic heterocycles. The lowest BCUT2D eigenvalue weighted by molar-refractivity contribution is 0.0344. The van der Waals surface area contributed by atoms with Crippen molar-refractivity contribution in [3.05, 3.63) is 53.6 Å². The van der Waals surface area contributed by atoms with Crippen molar-refractivity contribution in [1.82, 2.24) is 5.32 Å². The standard InChI is InChI=1S/C18H16F2N2O3/c1-18-9-13(11-4-3-5-15(24-2)16(11)25-18)21-17(23)22(18)14-8-10(19)6-7-12(14)20/h3-8,13H,9H2,1-2H3,(H,21,23). The Morgan fingerprint density at radius 3 is 2.88 bits per heavy atom. The van der Waals surface area contributed by atoms with E-state index in [0.717, 1.165) is 28.7 Å². The lowest BCUT2D eigenvalue weighted by Crippen LogP contribution is -2.65. The highest BCUT2D eigenvalue weighted by Crippen LogP contribution is 2.49. The highest BCUT2D eigenvalue weighted by Gasteiger charge is 2.51. The molecular formula is C18H16F2N2O3. The first-order valence-corrected chi connectivity index (χ1v) is 7.84. The highest BCUT2D eigenvalue weighted by molar-refractivity contribution is 5.95. The summed E-state index contributed by atoms with van der Waals surface area (Å²) < 4.78 is 39.4. The molecule has 1 fully saturated rings. The molecule has 2 aliphatic rings. The SMILES string of the molecule is COc1cccc2c1OC1(C)CC2NC(=O)N1c1cc(F)ccc1F. The molecule has 2 heterocycles. The van der Waals surface area contributed by atoms with E-state index in [4.69, 9.17) is 9.47 Å². The van der Waals surface area contributed by atoms with E-state index in [0.29, 0.717) is 17.9 Å². The average molecular weight is 346 g/mol. The first-order valence-electron chi connectivity index (χ1n) is 7.84. The van der Waals surface area contributed by atoms with Crippen molar-refractivity contribution in [2.75, 3.05) is 12.0 Å². The number of para-hydroxylation sites is 1. The Labute approximate surface area is 143 Å². The largest absolute Gasteiger partial charge is 0.493 e. The fraction of sp³-hybridized carbons (Fsp3) is 0.278. The van der Waals surface area contributed by atoms with Crippen LogP contribution in [-0.4, -0.2) is 18.9 Å². The number of hydrogen-bond donors (Lipinski definition) is 1. The van der Waals surface area contributed by atoms with Gasteiger partial charge < -0.3 is 14.8 Å². The van der Waals surface area contributed by atoms with Gasteiger partial charge in [-0.1, -0.05) is 12.1 Å². The summed E-state index contributed by atoms with van der Waals surface area (Å²) in [6.45, 7) is 1.68. The maximum absolute atomic E-state index is 14.3. The zero-order valence-electron chi connectivity index (χ0n) is 13.7. The Hall–Kier alpha value is -2.83. The summed E-state index contributed by atoms with van der Waals surface area (Å²) >= 11 is 0. The van der Waals surface area contributed by atoms with Crippen molar-refractivity contribution >= 4 is 11.7 Å². The molecule has 2 aromatic rings. The first-order chi connectivity index (χ1) is 11.9. The Morgan fingerprint density at radius 1 is 1.32 bits per heavy atom. The number of urea groups is 1. The maximum Gasteiger partial charge on any atom is 0.325 e. The molecule has 25 heavy (non-hydrogen) atoms. The van der Waals surface area contributed by atoms with E-state index in [-0.39, 0.29) is 11.7 Å². The van der Waals surface area contributed by atoms with Crippen molar-refractivity contribution < 1.29 is 23.0 Å². The van der Waals surface area contributed by atoms with Crippen molar-refractivity contribution in [3.63, 3.8) is 0 Å². The van der Waals surface area contributed by atoms with Crippen LogP contribution in [0, 0.1) is 11.6 Å². The topological polar surface area (TPSA) is 50.8 Å². The maximum atomic E-state index is 14.3. The van der Waals surface area contributed by atoms with Crippen molar-refractivity contribution in [1.29, 1.82) is 0 Å². The molecule has 2 amide bonds. The summed E-state index contributed by atoms with van der Waals surface area (Å²) in [5, 5.41) is 2.84. The number of methoxy groups -OCH3 is 1. The zero-order valence-corrected chi connectivity index (χ0v) is 13.7. The minimum absolute atomic E-state index is 0.170. The van der Waals surface area contributed by atoms with E-state index in [9.17, 15) is 13.6 Å².